The number of rotatable bonds is 4. The third-order valence-electron chi connectivity index (χ3n) is 3.14. The first-order valence-electron chi connectivity index (χ1n) is 6.28. The van der Waals surface area contributed by atoms with Crippen molar-refractivity contribution in [3.63, 3.8) is 0 Å². The average molecular weight is 304 g/mol. The second-order valence-electron chi connectivity index (χ2n) is 4.38. The van der Waals surface area contributed by atoms with Crippen LogP contribution >= 0.6 is 0 Å². The Labute approximate surface area is 125 Å². The standard InChI is InChI=1S/C16H13FO5/c1-21-13-7-6-9(8-12(13)15(18)19)10-4-3-5-11(14(10)17)16(20)22-2/h3-8H,1-2H3,(H,18,19). The van der Waals surface area contributed by atoms with Crippen molar-refractivity contribution in [2.45, 2.75) is 0 Å². The molecule has 0 saturated heterocycles. The smallest absolute Gasteiger partial charge is 0.340 e. The molecule has 2 aromatic carbocycles. The zero-order valence-electron chi connectivity index (χ0n) is 11.9. The van der Waals surface area contributed by atoms with Crippen molar-refractivity contribution in [2.75, 3.05) is 14.2 Å². The highest BCUT2D eigenvalue weighted by molar-refractivity contribution is 5.94. The van der Waals surface area contributed by atoms with Crippen LogP contribution in [0.25, 0.3) is 11.1 Å². The second-order valence-corrected chi connectivity index (χ2v) is 4.38. The first kappa shape index (κ1) is 15.5. The van der Waals surface area contributed by atoms with Crippen LogP contribution in [0.15, 0.2) is 36.4 Å². The van der Waals surface area contributed by atoms with Crippen molar-refractivity contribution in [3.8, 4) is 16.9 Å². The third kappa shape index (κ3) is 2.76. The second kappa shape index (κ2) is 6.26. The molecule has 0 unspecified atom stereocenters. The summed E-state index contributed by atoms with van der Waals surface area (Å²) in [6.07, 6.45) is 0. The van der Waals surface area contributed by atoms with Gasteiger partial charge < -0.3 is 14.6 Å². The van der Waals surface area contributed by atoms with Gasteiger partial charge in [0, 0.05) is 5.56 Å². The molecular formula is C16H13FO5. The van der Waals surface area contributed by atoms with Gasteiger partial charge in [-0.05, 0) is 23.8 Å². The minimum atomic E-state index is -1.19. The van der Waals surface area contributed by atoms with E-state index < -0.39 is 17.8 Å². The minimum absolute atomic E-state index is 0.0946. The van der Waals surface area contributed by atoms with Crippen LogP contribution in [0, 0.1) is 5.82 Å². The summed E-state index contributed by atoms with van der Waals surface area (Å²) in [5.74, 6) is -2.59. The molecule has 1 N–H and O–H groups in total. The molecule has 6 heteroatoms. The Bertz CT molecular complexity index is 739. The molecule has 0 aromatic heterocycles. The number of hydrogen-bond donors (Lipinski definition) is 1. The molecule has 0 bridgehead atoms. The predicted octanol–water partition coefficient (Wildman–Crippen LogP) is 2.99. The lowest BCUT2D eigenvalue weighted by molar-refractivity contribution is 0.0594. The van der Waals surface area contributed by atoms with E-state index in [1.165, 1.54) is 43.5 Å². The lowest BCUT2D eigenvalue weighted by atomic mass is 9.99. The molecule has 0 aliphatic rings. The van der Waals surface area contributed by atoms with Gasteiger partial charge in [-0.2, -0.15) is 0 Å². The summed E-state index contributed by atoms with van der Waals surface area (Å²) >= 11 is 0. The van der Waals surface area contributed by atoms with Crippen molar-refractivity contribution in [1.82, 2.24) is 0 Å². The number of halogens is 1. The van der Waals surface area contributed by atoms with Crippen LogP contribution in [-0.2, 0) is 4.74 Å². The van der Waals surface area contributed by atoms with E-state index in [0.29, 0.717) is 5.56 Å². The highest BCUT2D eigenvalue weighted by Crippen LogP contribution is 2.29. The SMILES string of the molecule is COC(=O)c1cccc(-c2ccc(OC)c(C(=O)O)c2)c1F. The Morgan fingerprint density at radius 3 is 2.41 bits per heavy atom. The molecule has 0 radical (unpaired) electrons. The molecule has 0 fully saturated rings. The Balaban J connectivity index is 2.60. The molecule has 0 atom stereocenters. The van der Waals surface area contributed by atoms with E-state index in [0.717, 1.165) is 7.11 Å². The van der Waals surface area contributed by atoms with Gasteiger partial charge in [0.1, 0.15) is 17.1 Å². The quantitative estimate of drug-likeness (QED) is 0.879. The van der Waals surface area contributed by atoms with Gasteiger partial charge in [-0.3, -0.25) is 0 Å². The molecule has 0 spiro atoms. The van der Waals surface area contributed by atoms with Crippen LogP contribution in [-0.4, -0.2) is 31.3 Å². The zero-order chi connectivity index (χ0) is 16.3. The number of hydrogen-bond acceptors (Lipinski definition) is 4. The highest BCUT2D eigenvalue weighted by atomic mass is 19.1. The maximum absolute atomic E-state index is 14.4. The number of benzene rings is 2. The average Bonchev–Trinajstić information content (AvgIpc) is 2.53. The van der Waals surface area contributed by atoms with Gasteiger partial charge in [-0.25, -0.2) is 14.0 Å². The van der Waals surface area contributed by atoms with E-state index in [4.69, 9.17) is 4.74 Å². The van der Waals surface area contributed by atoms with Gasteiger partial charge in [-0.1, -0.05) is 18.2 Å². The summed E-state index contributed by atoms with van der Waals surface area (Å²) in [7, 11) is 2.50. The molecule has 114 valence electrons. The first-order valence-corrected chi connectivity index (χ1v) is 6.28. The van der Waals surface area contributed by atoms with Crippen LogP contribution < -0.4 is 4.74 Å². The number of carboxylic acids is 1. The van der Waals surface area contributed by atoms with Gasteiger partial charge in [0.15, 0.2) is 0 Å². The minimum Gasteiger partial charge on any atom is -0.496 e. The largest absolute Gasteiger partial charge is 0.496 e. The number of carbonyl (C=O) groups excluding carboxylic acids is 1. The fourth-order valence-electron chi connectivity index (χ4n) is 2.07. The predicted molar refractivity (Wildman–Crippen MR) is 76.7 cm³/mol. The van der Waals surface area contributed by atoms with E-state index in [2.05, 4.69) is 4.74 Å². The lowest BCUT2D eigenvalue weighted by Gasteiger charge is -2.10. The van der Waals surface area contributed by atoms with E-state index in [9.17, 15) is 19.1 Å². The Kier molecular flexibility index (Phi) is 4.41. The molecule has 0 amide bonds. The molecule has 0 aliphatic carbocycles. The van der Waals surface area contributed by atoms with Crippen LogP contribution in [0.4, 0.5) is 4.39 Å². The van der Waals surface area contributed by atoms with Gasteiger partial charge >= 0.3 is 11.9 Å². The molecule has 22 heavy (non-hydrogen) atoms. The lowest BCUT2D eigenvalue weighted by Crippen LogP contribution is -2.06. The first-order chi connectivity index (χ1) is 10.5. The molecule has 5 nitrogen and oxygen atoms in total. The summed E-state index contributed by atoms with van der Waals surface area (Å²) in [4.78, 5) is 22.7. The molecule has 2 aromatic rings. The number of ether oxygens (including phenoxy) is 2. The van der Waals surface area contributed by atoms with Gasteiger partial charge in [0.2, 0.25) is 0 Å². The molecule has 2 rings (SSSR count). The third-order valence-corrected chi connectivity index (χ3v) is 3.14. The summed E-state index contributed by atoms with van der Waals surface area (Å²) in [6.45, 7) is 0. The van der Waals surface area contributed by atoms with Crippen LogP contribution in [0.3, 0.4) is 0 Å². The van der Waals surface area contributed by atoms with Crippen LogP contribution in [0.1, 0.15) is 20.7 Å². The van der Waals surface area contributed by atoms with Gasteiger partial charge in [0.25, 0.3) is 0 Å². The van der Waals surface area contributed by atoms with Crippen molar-refractivity contribution >= 4 is 11.9 Å². The Morgan fingerprint density at radius 2 is 1.82 bits per heavy atom. The maximum Gasteiger partial charge on any atom is 0.340 e. The summed E-state index contributed by atoms with van der Waals surface area (Å²) < 4.78 is 23.9. The van der Waals surface area contributed by atoms with E-state index in [1.54, 1.807) is 0 Å². The maximum atomic E-state index is 14.4. The van der Waals surface area contributed by atoms with Gasteiger partial charge in [0.05, 0.1) is 19.8 Å². The van der Waals surface area contributed by atoms with E-state index in [-0.39, 0.29) is 22.4 Å². The Morgan fingerprint density at radius 1 is 1.09 bits per heavy atom. The van der Waals surface area contributed by atoms with E-state index >= 15 is 0 Å². The number of carboxylic acid groups (broad SMARTS) is 1. The van der Waals surface area contributed by atoms with Crippen molar-refractivity contribution < 1.29 is 28.6 Å². The molecule has 0 aliphatic heterocycles. The van der Waals surface area contributed by atoms with Crippen LogP contribution in [0.5, 0.6) is 5.75 Å². The molecule has 0 heterocycles. The normalized spacial score (nSPS) is 10.1. The summed E-state index contributed by atoms with van der Waals surface area (Å²) in [6, 6.07) is 8.49. The number of carbonyl (C=O) groups is 2. The van der Waals surface area contributed by atoms with Crippen molar-refractivity contribution in [1.29, 1.82) is 0 Å². The molecule has 0 saturated carbocycles. The van der Waals surface area contributed by atoms with E-state index in [1.807, 2.05) is 0 Å². The fourth-order valence-corrected chi connectivity index (χ4v) is 2.07. The zero-order valence-corrected chi connectivity index (χ0v) is 11.9. The van der Waals surface area contributed by atoms with Crippen LogP contribution in [0.2, 0.25) is 0 Å². The molecular weight excluding hydrogens is 291 g/mol. The fraction of sp³-hybridized carbons (Fsp3) is 0.125. The number of methoxy groups -OCH3 is 2. The monoisotopic (exact) mass is 304 g/mol. The summed E-state index contributed by atoms with van der Waals surface area (Å²) in [5.41, 5.74) is 0.116. The number of esters is 1. The highest BCUT2D eigenvalue weighted by Gasteiger charge is 2.18. The Hall–Kier alpha value is -2.89. The van der Waals surface area contributed by atoms with Gasteiger partial charge in [-0.15, -0.1) is 0 Å². The topological polar surface area (TPSA) is 72.8 Å². The number of aromatic carboxylic acids is 1. The summed E-state index contributed by atoms with van der Waals surface area (Å²) in [5, 5.41) is 9.17. The van der Waals surface area contributed by atoms with Crippen molar-refractivity contribution in [3.05, 3.63) is 53.3 Å². The van der Waals surface area contributed by atoms with Crippen molar-refractivity contribution in [2.24, 2.45) is 0 Å².